The molecule has 1 unspecified atom stereocenters. The molecule has 1 fully saturated rings. The highest BCUT2D eigenvalue weighted by Crippen LogP contribution is 2.29. The molecule has 1 heterocycles. The molecule has 1 saturated heterocycles. The van der Waals surface area contributed by atoms with Gasteiger partial charge in [-0.05, 0) is 31.5 Å². The van der Waals surface area contributed by atoms with Gasteiger partial charge in [-0.2, -0.15) is 0 Å². The van der Waals surface area contributed by atoms with E-state index in [1.165, 1.54) is 7.11 Å². The van der Waals surface area contributed by atoms with Gasteiger partial charge in [0, 0.05) is 12.6 Å². The fourth-order valence-electron chi connectivity index (χ4n) is 2.71. The summed E-state index contributed by atoms with van der Waals surface area (Å²) in [5.41, 5.74) is 0.531. The molecule has 0 spiro atoms. The number of piperidine rings is 1. The number of nitrogens with zero attached hydrogens (tertiary/aromatic N) is 1. The van der Waals surface area contributed by atoms with E-state index in [1.807, 2.05) is 4.90 Å². The highest BCUT2D eigenvalue weighted by Gasteiger charge is 2.26. The molecule has 7 nitrogen and oxygen atoms in total. The Balaban J connectivity index is 1.98. The third-order valence-corrected chi connectivity index (χ3v) is 3.90. The molecule has 1 amide bonds. The van der Waals surface area contributed by atoms with Gasteiger partial charge in [-0.3, -0.25) is 14.5 Å². The number of carboxylic acid groups (broad SMARTS) is 1. The van der Waals surface area contributed by atoms with Crippen LogP contribution in [0.1, 0.15) is 12.8 Å². The van der Waals surface area contributed by atoms with Gasteiger partial charge < -0.3 is 19.9 Å². The Morgan fingerprint density at radius 1 is 1.35 bits per heavy atom. The normalized spacial score (nSPS) is 18.3. The zero-order valence-corrected chi connectivity index (χ0v) is 13.4. The Bertz CT molecular complexity index is 576. The van der Waals surface area contributed by atoms with Gasteiger partial charge in [0.2, 0.25) is 5.91 Å². The molecule has 0 bridgehead atoms. The van der Waals surface area contributed by atoms with Gasteiger partial charge in [-0.15, -0.1) is 0 Å². The van der Waals surface area contributed by atoms with E-state index in [1.54, 1.807) is 25.3 Å². The number of aliphatic carboxylic acids is 1. The Hall–Kier alpha value is -2.28. The van der Waals surface area contributed by atoms with Crippen LogP contribution in [0.5, 0.6) is 11.5 Å². The second-order valence-corrected chi connectivity index (χ2v) is 5.53. The van der Waals surface area contributed by atoms with Crippen LogP contribution >= 0.6 is 0 Å². The summed E-state index contributed by atoms with van der Waals surface area (Å²) in [6.07, 6.45) is 1.45. The van der Waals surface area contributed by atoms with Crippen molar-refractivity contribution in [3.05, 3.63) is 18.2 Å². The van der Waals surface area contributed by atoms with Crippen LogP contribution in [0, 0.1) is 5.92 Å². The molecule has 1 aromatic carbocycles. The van der Waals surface area contributed by atoms with E-state index < -0.39 is 11.9 Å². The molecule has 2 rings (SSSR count). The van der Waals surface area contributed by atoms with Crippen molar-refractivity contribution in [3.63, 3.8) is 0 Å². The fraction of sp³-hybridized carbons (Fsp3) is 0.500. The van der Waals surface area contributed by atoms with Crippen LogP contribution in [0.4, 0.5) is 5.69 Å². The Morgan fingerprint density at radius 2 is 2.13 bits per heavy atom. The Labute approximate surface area is 135 Å². The molecular weight excluding hydrogens is 300 g/mol. The standard InChI is InChI=1S/C16H22N2O5/c1-22-12-5-6-14(23-2)13(8-12)17-15(19)10-18-7-3-4-11(9-18)16(20)21/h5-6,8,11H,3-4,7,9-10H2,1-2H3,(H,17,19)(H,20,21). The summed E-state index contributed by atoms with van der Waals surface area (Å²) in [7, 11) is 3.08. The summed E-state index contributed by atoms with van der Waals surface area (Å²) in [4.78, 5) is 25.2. The molecule has 23 heavy (non-hydrogen) atoms. The summed E-state index contributed by atoms with van der Waals surface area (Å²) >= 11 is 0. The van der Waals surface area contributed by atoms with Crippen LogP contribution in [0.25, 0.3) is 0 Å². The Kier molecular flexibility index (Phi) is 5.81. The van der Waals surface area contributed by atoms with Gasteiger partial charge in [0.25, 0.3) is 0 Å². The number of hydrogen-bond acceptors (Lipinski definition) is 5. The average Bonchev–Trinajstić information content (AvgIpc) is 2.54. The first kappa shape index (κ1) is 17.1. The van der Waals surface area contributed by atoms with Crippen molar-refractivity contribution < 1.29 is 24.2 Å². The topological polar surface area (TPSA) is 88.1 Å². The zero-order chi connectivity index (χ0) is 16.8. The van der Waals surface area contributed by atoms with Gasteiger partial charge in [0.15, 0.2) is 0 Å². The lowest BCUT2D eigenvalue weighted by Crippen LogP contribution is -2.42. The van der Waals surface area contributed by atoms with Crippen LogP contribution in [0.15, 0.2) is 18.2 Å². The summed E-state index contributed by atoms with van der Waals surface area (Å²) in [5.74, 6) is -0.249. The number of methoxy groups -OCH3 is 2. The minimum absolute atomic E-state index is 0.157. The third kappa shape index (κ3) is 4.59. The number of carbonyl (C=O) groups excluding carboxylic acids is 1. The average molecular weight is 322 g/mol. The molecule has 2 N–H and O–H groups in total. The highest BCUT2D eigenvalue weighted by atomic mass is 16.5. The predicted molar refractivity (Wildman–Crippen MR) is 85.0 cm³/mol. The first-order valence-corrected chi connectivity index (χ1v) is 7.50. The van der Waals surface area contributed by atoms with Gasteiger partial charge in [0.1, 0.15) is 11.5 Å². The number of amides is 1. The van der Waals surface area contributed by atoms with E-state index >= 15 is 0 Å². The van der Waals surface area contributed by atoms with Gasteiger partial charge in [0.05, 0.1) is 32.4 Å². The van der Waals surface area contributed by atoms with Crippen molar-refractivity contribution >= 4 is 17.6 Å². The van der Waals surface area contributed by atoms with Crippen LogP contribution in [-0.2, 0) is 9.59 Å². The van der Waals surface area contributed by atoms with Crippen LogP contribution in [0.3, 0.4) is 0 Å². The van der Waals surface area contributed by atoms with Gasteiger partial charge >= 0.3 is 5.97 Å². The Morgan fingerprint density at radius 3 is 2.78 bits per heavy atom. The minimum atomic E-state index is -0.801. The lowest BCUT2D eigenvalue weighted by atomic mass is 9.98. The first-order valence-electron chi connectivity index (χ1n) is 7.50. The number of likely N-dealkylation sites (tertiary alicyclic amines) is 1. The van der Waals surface area contributed by atoms with Crippen molar-refractivity contribution in [2.45, 2.75) is 12.8 Å². The van der Waals surface area contributed by atoms with Gasteiger partial charge in [-0.1, -0.05) is 0 Å². The smallest absolute Gasteiger partial charge is 0.307 e. The maximum Gasteiger partial charge on any atom is 0.307 e. The van der Waals surface area contributed by atoms with Crippen LogP contribution < -0.4 is 14.8 Å². The lowest BCUT2D eigenvalue weighted by Gasteiger charge is -2.30. The second kappa shape index (κ2) is 7.82. The van der Waals surface area contributed by atoms with Crippen molar-refractivity contribution in [2.24, 2.45) is 5.92 Å². The van der Waals surface area contributed by atoms with E-state index in [4.69, 9.17) is 14.6 Å². The number of carboxylic acids is 1. The maximum atomic E-state index is 12.2. The summed E-state index contributed by atoms with van der Waals surface area (Å²) < 4.78 is 10.4. The highest BCUT2D eigenvalue weighted by molar-refractivity contribution is 5.94. The number of hydrogen-bond donors (Lipinski definition) is 2. The van der Waals surface area contributed by atoms with Crippen molar-refractivity contribution in [3.8, 4) is 11.5 Å². The zero-order valence-electron chi connectivity index (χ0n) is 13.4. The van der Waals surface area contributed by atoms with E-state index in [9.17, 15) is 9.59 Å². The summed E-state index contributed by atoms with van der Waals surface area (Å²) in [6, 6.07) is 5.15. The molecule has 0 aromatic heterocycles. The second-order valence-electron chi connectivity index (χ2n) is 5.53. The van der Waals surface area contributed by atoms with E-state index in [2.05, 4.69) is 5.32 Å². The summed E-state index contributed by atoms with van der Waals surface area (Å²) in [5, 5.41) is 11.9. The molecule has 1 aliphatic heterocycles. The molecule has 1 aromatic rings. The van der Waals surface area contributed by atoms with Crippen molar-refractivity contribution in [1.29, 1.82) is 0 Å². The molecule has 0 saturated carbocycles. The minimum Gasteiger partial charge on any atom is -0.497 e. The number of anilines is 1. The number of ether oxygens (including phenoxy) is 2. The lowest BCUT2D eigenvalue weighted by molar-refractivity contribution is -0.144. The third-order valence-electron chi connectivity index (χ3n) is 3.90. The van der Waals surface area contributed by atoms with E-state index in [0.717, 1.165) is 13.0 Å². The van der Waals surface area contributed by atoms with Gasteiger partial charge in [-0.25, -0.2) is 0 Å². The quantitative estimate of drug-likeness (QED) is 0.824. The van der Waals surface area contributed by atoms with Crippen LogP contribution in [0.2, 0.25) is 0 Å². The molecule has 0 radical (unpaired) electrons. The van der Waals surface area contributed by atoms with Crippen molar-refractivity contribution in [2.75, 3.05) is 39.2 Å². The number of rotatable bonds is 6. The largest absolute Gasteiger partial charge is 0.497 e. The molecule has 126 valence electrons. The molecule has 0 aliphatic carbocycles. The molecule has 7 heteroatoms. The van der Waals surface area contributed by atoms with E-state index in [-0.39, 0.29) is 12.5 Å². The SMILES string of the molecule is COc1ccc(OC)c(NC(=O)CN2CCCC(C(=O)O)C2)c1. The number of carbonyl (C=O) groups is 2. The van der Waals surface area contributed by atoms with E-state index in [0.29, 0.717) is 30.2 Å². The van der Waals surface area contributed by atoms with Crippen LogP contribution in [-0.4, -0.2) is 55.7 Å². The maximum absolute atomic E-state index is 12.2. The predicted octanol–water partition coefficient (Wildman–Crippen LogP) is 1.44. The molecular formula is C16H22N2O5. The monoisotopic (exact) mass is 322 g/mol. The fourth-order valence-corrected chi connectivity index (χ4v) is 2.71. The molecule has 1 atom stereocenters. The van der Waals surface area contributed by atoms with Crippen molar-refractivity contribution in [1.82, 2.24) is 4.90 Å². The molecule has 1 aliphatic rings. The number of benzene rings is 1. The number of nitrogens with one attached hydrogen (secondary N) is 1. The summed E-state index contributed by atoms with van der Waals surface area (Å²) in [6.45, 7) is 1.29. The first-order chi connectivity index (χ1) is 11.0.